The third kappa shape index (κ3) is 3.78. The Hall–Kier alpha value is -1.69. The van der Waals surface area contributed by atoms with E-state index in [-0.39, 0.29) is 0 Å². The Labute approximate surface area is 150 Å². The van der Waals surface area contributed by atoms with E-state index in [1.165, 1.54) is 36.1 Å². The Bertz CT molecular complexity index is 692. The summed E-state index contributed by atoms with van der Waals surface area (Å²) in [5, 5.41) is 4.31. The number of nitrogens with zero attached hydrogens (tertiary/aromatic N) is 3. The molecule has 3 heterocycles. The monoisotopic (exact) mass is 339 g/mol. The fourth-order valence-electron chi connectivity index (χ4n) is 4.44. The zero-order chi connectivity index (χ0) is 17.2. The molecular weight excluding hydrogens is 310 g/mol. The second-order valence-corrected chi connectivity index (χ2v) is 7.73. The van der Waals surface area contributed by atoms with Gasteiger partial charge in [0.15, 0.2) is 0 Å². The first-order valence-corrected chi connectivity index (χ1v) is 9.44. The molecule has 5 nitrogen and oxygen atoms in total. The summed E-state index contributed by atoms with van der Waals surface area (Å²) in [7, 11) is 1.99. The van der Waals surface area contributed by atoms with Crippen molar-refractivity contribution in [2.75, 3.05) is 19.6 Å². The molecule has 2 N–H and O–H groups in total. The molecular formula is C20H29N5. The zero-order valence-corrected chi connectivity index (χ0v) is 15.3. The average molecular weight is 339 g/mol. The van der Waals surface area contributed by atoms with Gasteiger partial charge in [-0.05, 0) is 37.8 Å². The van der Waals surface area contributed by atoms with Crippen molar-refractivity contribution in [2.24, 2.45) is 13.0 Å². The van der Waals surface area contributed by atoms with Gasteiger partial charge >= 0.3 is 0 Å². The van der Waals surface area contributed by atoms with E-state index in [0.717, 1.165) is 19.6 Å². The number of hydrogen-bond acceptors (Lipinski definition) is 4. The highest BCUT2D eigenvalue weighted by atomic mass is 15.4. The van der Waals surface area contributed by atoms with Crippen molar-refractivity contribution < 1.29 is 0 Å². The second kappa shape index (κ2) is 7.28. The van der Waals surface area contributed by atoms with Gasteiger partial charge in [0.2, 0.25) is 0 Å². The molecule has 2 aromatic rings. The number of benzene rings is 1. The topological polar surface area (TPSA) is 45.1 Å². The van der Waals surface area contributed by atoms with Gasteiger partial charge in [0.1, 0.15) is 0 Å². The van der Waals surface area contributed by atoms with Crippen molar-refractivity contribution in [2.45, 2.75) is 38.3 Å². The SMILES string of the molecule is Cc1ccc(C2CNNC2C2CCCN(Cc3cnn(C)c3)C2)cc1. The Morgan fingerprint density at radius 2 is 2.08 bits per heavy atom. The maximum atomic E-state index is 4.31. The lowest BCUT2D eigenvalue weighted by Gasteiger charge is -2.37. The first-order valence-electron chi connectivity index (χ1n) is 9.44. The maximum absolute atomic E-state index is 4.31. The number of hydrogen-bond donors (Lipinski definition) is 2. The summed E-state index contributed by atoms with van der Waals surface area (Å²) in [5.41, 5.74) is 11.1. The van der Waals surface area contributed by atoms with E-state index in [9.17, 15) is 0 Å². The van der Waals surface area contributed by atoms with Crippen molar-refractivity contribution in [3.8, 4) is 0 Å². The van der Waals surface area contributed by atoms with Gasteiger partial charge < -0.3 is 0 Å². The van der Waals surface area contributed by atoms with Gasteiger partial charge in [-0.25, -0.2) is 0 Å². The molecule has 0 saturated carbocycles. The number of aryl methyl sites for hydroxylation is 2. The van der Waals surface area contributed by atoms with Gasteiger partial charge in [-0.3, -0.25) is 20.4 Å². The van der Waals surface area contributed by atoms with Crippen LogP contribution in [0.4, 0.5) is 0 Å². The molecule has 0 amide bonds. The van der Waals surface area contributed by atoms with Gasteiger partial charge in [-0.1, -0.05) is 29.8 Å². The van der Waals surface area contributed by atoms with E-state index < -0.39 is 0 Å². The summed E-state index contributed by atoms with van der Waals surface area (Å²) < 4.78 is 1.90. The van der Waals surface area contributed by atoms with Gasteiger partial charge in [0.25, 0.3) is 0 Å². The highest BCUT2D eigenvalue weighted by Crippen LogP contribution is 2.32. The van der Waals surface area contributed by atoms with Gasteiger partial charge in [0.05, 0.1) is 6.20 Å². The summed E-state index contributed by atoms with van der Waals surface area (Å²) in [6.45, 7) is 6.55. The third-order valence-electron chi connectivity index (χ3n) is 5.74. The normalized spacial score (nSPS) is 27.7. The molecule has 0 bridgehead atoms. The summed E-state index contributed by atoms with van der Waals surface area (Å²) >= 11 is 0. The lowest BCUT2D eigenvalue weighted by molar-refractivity contribution is 0.139. The number of likely N-dealkylation sites (tertiary alicyclic amines) is 1. The molecule has 3 unspecified atom stereocenters. The maximum Gasteiger partial charge on any atom is 0.0534 e. The van der Waals surface area contributed by atoms with Crippen LogP contribution in [0.5, 0.6) is 0 Å². The lowest BCUT2D eigenvalue weighted by Crippen LogP contribution is -2.46. The van der Waals surface area contributed by atoms with Gasteiger partial charge in [-0.15, -0.1) is 0 Å². The van der Waals surface area contributed by atoms with Crippen molar-refractivity contribution >= 4 is 0 Å². The molecule has 2 saturated heterocycles. The lowest BCUT2D eigenvalue weighted by atomic mass is 9.81. The Morgan fingerprint density at radius 1 is 1.24 bits per heavy atom. The predicted molar refractivity (Wildman–Crippen MR) is 100 cm³/mol. The van der Waals surface area contributed by atoms with Crippen LogP contribution < -0.4 is 10.9 Å². The first kappa shape index (κ1) is 16.8. The van der Waals surface area contributed by atoms with Crippen LogP contribution >= 0.6 is 0 Å². The fourth-order valence-corrected chi connectivity index (χ4v) is 4.44. The van der Waals surface area contributed by atoms with E-state index in [0.29, 0.717) is 17.9 Å². The van der Waals surface area contributed by atoms with Crippen LogP contribution in [0.25, 0.3) is 0 Å². The standard InChI is InChI=1S/C20H29N5/c1-15-5-7-17(8-6-15)19-11-21-23-20(19)18-4-3-9-25(14-18)13-16-10-22-24(2)12-16/h5-8,10,12,18-21,23H,3-4,9,11,13-14H2,1-2H3. The molecule has 1 aromatic heterocycles. The van der Waals surface area contributed by atoms with Crippen molar-refractivity contribution in [1.82, 2.24) is 25.5 Å². The molecule has 25 heavy (non-hydrogen) atoms. The molecule has 2 fully saturated rings. The molecule has 3 atom stereocenters. The first-order chi connectivity index (χ1) is 12.2. The highest BCUT2D eigenvalue weighted by molar-refractivity contribution is 5.27. The zero-order valence-electron chi connectivity index (χ0n) is 15.3. The number of aromatic nitrogens is 2. The summed E-state index contributed by atoms with van der Waals surface area (Å²) in [4.78, 5) is 2.59. The van der Waals surface area contributed by atoms with Crippen LogP contribution in [0, 0.1) is 12.8 Å². The largest absolute Gasteiger partial charge is 0.299 e. The summed E-state index contributed by atoms with van der Waals surface area (Å²) in [6.07, 6.45) is 6.72. The number of rotatable bonds is 4. The Morgan fingerprint density at radius 3 is 2.84 bits per heavy atom. The number of piperidine rings is 1. The fraction of sp³-hybridized carbons (Fsp3) is 0.550. The third-order valence-corrected chi connectivity index (χ3v) is 5.74. The van der Waals surface area contributed by atoms with E-state index in [1.807, 2.05) is 17.9 Å². The van der Waals surface area contributed by atoms with E-state index in [4.69, 9.17) is 0 Å². The minimum Gasteiger partial charge on any atom is -0.299 e. The van der Waals surface area contributed by atoms with Crippen molar-refractivity contribution in [3.05, 3.63) is 53.3 Å². The summed E-state index contributed by atoms with van der Waals surface area (Å²) in [6, 6.07) is 9.59. The van der Waals surface area contributed by atoms with Crippen molar-refractivity contribution in [3.63, 3.8) is 0 Å². The smallest absolute Gasteiger partial charge is 0.0534 e. The molecule has 0 spiro atoms. The van der Waals surface area contributed by atoms with Crippen LogP contribution in [0.3, 0.4) is 0 Å². The molecule has 134 valence electrons. The van der Waals surface area contributed by atoms with Crippen molar-refractivity contribution in [1.29, 1.82) is 0 Å². The molecule has 1 aromatic carbocycles. The van der Waals surface area contributed by atoms with E-state index in [1.54, 1.807) is 0 Å². The molecule has 4 rings (SSSR count). The second-order valence-electron chi connectivity index (χ2n) is 7.73. The van der Waals surface area contributed by atoms with Gasteiger partial charge in [-0.2, -0.15) is 5.10 Å². The molecule has 0 aliphatic carbocycles. The molecule has 5 heteroatoms. The van der Waals surface area contributed by atoms with Crippen LogP contribution in [0.15, 0.2) is 36.7 Å². The van der Waals surface area contributed by atoms with Crippen LogP contribution in [0.1, 0.15) is 35.4 Å². The minimum absolute atomic E-state index is 0.513. The molecule has 0 radical (unpaired) electrons. The Kier molecular flexibility index (Phi) is 4.88. The van der Waals surface area contributed by atoms with E-state index >= 15 is 0 Å². The number of hydrazine groups is 1. The molecule has 2 aliphatic rings. The predicted octanol–water partition coefficient (Wildman–Crippen LogP) is 2.20. The molecule has 2 aliphatic heterocycles. The number of nitrogens with one attached hydrogen (secondary N) is 2. The average Bonchev–Trinajstić information content (AvgIpc) is 3.25. The minimum atomic E-state index is 0.513. The van der Waals surface area contributed by atoms with Gasteiger partial charge in [0, 0.05) is 50.4 Å². The quantitative estimate of drug-likeness (QED) is 0.896. The van der Waals surface area contributed by atoms with Crippen LogP contribution in [-0.4, -0.2) is 40.4 Å². The van der Waals surface area contributed by atoms with E-state index in [2.05, 4.69) is 58.2 Å². The highest BCUT2D eigenvalue weighted by Gasteiger charge is 2.36. The van der Waals surface area contributed by atoms with Crippen LogP contribution in [0.2, 0.25) is 0 Å². The van der Waals surface area contributed by atoms with Crippen LogP contribution in [-0.2, 0) is 13.6 Å². The Balaban J connectivity index is 1.43. The summed E-state index contributed by atoms with van der Waals surface area (Å²) in [5.74, 6) is 1.25.